The summed E-state index contributed by atoms with van der Waals surface area (Å²) in [4.78, 5) is 11.0. The van der Waals surface area contributed by atoms with E-state index in [2.05, 4.69) is 5.32 Å². The van der Waals surface area contributed by atoms with E-state index in [1.807, 2.05) is 0 Å². The summed E-state index contributed by atoms with van der Waals surface area (Å²) in [6.45, 7) is 2.20. The van der Waals surface area contributed by atoms with E-state index < -0.39 is 0 Å². The molecule has 1 aromatic rings. The lowest BCUT2D eigenvalue weighted by molar-refractivity contribution is -0.116. The van der Waals surface area contributed by atoms with Crippen LogP contribution in [-0.2, 0) is 11.3 Å². The van der Waals surface area contributed by atoms with Gasteiger partial charge in [0.2, 0.25) is 5.91 Å². The minimum absolute atomic E-state index is 0.142. The molecule has 0 saturated carbocycles. The van der Waals surface area contributed by atoms with Crippen LogP contribution in [0.2, 0.25) is 0 Å². The van der Waals surface area contributed by atoms with E-state index >= 15 is 0 Å². The predicted octanol–water partition coefficient (Wildman–Crippen LogP) is 2.02. The summed E-state index contributed by atoms with van der Waals surface area (Å²) in [6.07, 6.45) is 3.11. The highest BCUT2D eigenvalue weighted by atomic mass is 19.1. The number of halogens is 1. The molecule has 0 fully saturated rings. The normalized spacial score (nSPS) is 10.4. The first kappa shape index (κ1) is 10.4. The molecule has 74 valence electrons. The van der Waals surface area contributed by atoms with Gasteiger partial charge in [0.15, 0.2) is 0 Å². The van der Waals surface area contributed by atoms with Crippen LogP contribution >= 0.6 is 0 Å². The van der Waals surface area contributed by atoms with Gasteiger partial charge in [-0.05, 0) is 30.7 Å². The van der Waals surface area contributed by atoms with Gasteiger partial charge in [-0.15, -0.1) is 0 Å². The molecule has 0 aromatic heterocycles. The Morgan fingerprint density at radius 1 is 1.43 bits per heavy atom. The molecule has 1 N–H and O–H groups in total. The Bertz CT molecular complexity index is 330. The van der Waals surface area contributed by atoms with Crippen molar-refractivity contribution in [2.24, 2.45) is 0 Å². The molecule has 3 heteroatoms. The first-order valence-electron chi connectivity index (χ1n) is 4.37. The first-order valence-corrected chi connectivity index (χ1v) is 4.37. The summed E-state index contributed by atoms with van der Waals surface area (Å²) >= 11 is 0. The number of hydrogen-bond donors (Lipinski definition) is 1. The van der Waals surface area contributed by atoms with Crippen LogP contribution in [0.4, 0.5) is 4.39 Å². The van der Waals surface area contributed by atoms with Crippen LogP contribution in [0.25, 0.3) is 0 Å². The van der Waals surface area contributed by atoms with Crippen LogP contribution < -0.4 is 5.32 Å². The molecule has 1 rings (SSSR count). The second-order valence-electron chi connectivity index (χ2n) is 2.84. The molecule has 0 saturated heterocycles. The molecule has 2 nitrogen and oxygen atoms in total. The van der Waals surface area contributed by atoms with E-state index in [1.165, 1.54) is 18.2 Å². The van der Waals surface area contributed by atoms with Gasteiger partial charge >= 0.3 is 0 Å². The fourth-order valence-electron chi connectivity index (χ4n) is 1.00. The third kappa shape index (κ3) is 3.39. The molecule has 1 amide bonds. The molecule has 1 aromatic carbocycles. The fourth-order valence-corrected chi connectivity index (χ4v) is 1.00. The minimum Gasteiger partial charge on any atom is -0.348 e. The zero-order chi connectivity index (χ0) is 10.4. The number of amides is 1. The Morgan fingerprint density at radius 3 is 2.64 bits per heavy atom. The minimum atomic E-state index is -0.270. The third-order valence-electron chi connectivity index (χ3n) is 1.70. The maximum absolute atomic E-state index is 12.5. The van der Waals surface area contributed by atoms with Crippen molar-refractivity contribution in [2.45, 2.75) is 13.5 Å². The maximum atomic E-state index is 12.5. The van der Waals surface area contributed by atoms with E-state index in [0.29, 0.717) is 6.54 Å². The average molecular weight is 193 g/mol. The van der Waals surface area contributed by atoms with Crippen molar-refractivity contribution in [3.8, 4) is 0 Å². The molecule has 0 radical (unpaired) electrons. The quantitative estimate of drug-likeness (QED) is 0.731. The van der Waals surface area contributed by atoms with Gasteiger partial charge in [0, 0.05) is 6.54 Å². The molecule has 0 aliphatic carbocycles. The van der Waals surface area contributed by atoms with Crippen molar-refractivity contribution in [1.29, 1.82) is 0 Å². The molecule has 14 heavy (non-hydrogen) atoms. The van der Waals surface area contributed by atoms with Crippen molar-refractivity contribution in [3.05, 3.63) is 47.8 Å². The number of nitrogens with one attached hydrogen (secondary N) is 1. The van der Waals surface area contributed by atoms with Crippen molar-refractivity contribution in [1.82, 2.24) is 5.32 Å². The van der Waals surface area contributed by atoms with E-state index in [-0.39, 0.29) is 11.7 Å². The highest BCUT2D eigenvalue weighted by molar-refractivity contribution is 5.87. The van der Waals surface area contributed by atoms with Gasteiger partial charge in [-0.25, -0.2) is 4.39 Å². The number of carbonyl (C=O) groups is 1. The third-order valence-corrected chi connectivity index (χ3v) is 1.70. The smallest absolute Gasteiger partial charge is 0.243 e. The van der Waals surface area contributed by atoms with E-state index in [4.69, 9.17) is 0 Å². The van der Waals surface area contributed by atoms with Crippen LogP contribution in [0.1, 0.15) is 12.5 Å². The first-order chi connectivity index (χ1) is 6.72. The predicted molar refractivity (Wildman–Crippen MR) is 53.1 cm³/mol. The number of carbonyl (C=O) groups excluding carboxylic acids is 1. The highest BCUT2D eigenvalue weighted by Crippen LogP contribution is 2.01. The van der Waals surface area contributed by atoms with Crippen molar-refractivity contribution in [3.63, 3.8) is 0 Å². The van der Waals surface area contributed by atoms with Crippen LogP contribution in [0, 0.1) is 5.82 Å². The van der Waals surface area contributed by atoms with Gasteiger partial charge in [-0.1, -0.05) is 18.2 Å². The molecule has 0 atom stereocenters. The molecule has 0 aliphatic heterocycles. The Labute approximate surface area is 82.4 Å². The lowest BCUT2D eigenvalue weighted by Crippen LogP contribution is -2.20. The Morgan fingerprint density at radius 2 is 2.07 bits per heavy atom. The molecule has 0 unspecified atom stereocenters. The molecular formula is C11H12FNO. The molecule has 0 bridgehead atoms. The Kier molecular flexibility index (Phi) is 3.85. The Balaban J connectivity index is 2.46. The van der Waals surface area contributed by atoms with Gasteiger partial charge in [-0.2, -0.15) is 0 Å². The lowest BCUT2D eigenvalue weighted by Gasteiger charge is -2.01. The lowest BCUT2D eigenvalue weighted by atomic mass is 10.2. The summed E-state index contributed by atoms with van der Waals surface area (Å²) < 4.78 is 12.5. The monoisotopic (exact) mass is 193 g/mol. The van der Waals surface area contributed by atoms with Crippen LogP contribution in [0.5, 0.6) is 0 Å². The van der Waals surface area contributed by atoms with Crippen LogP contribution in [0.15, 0.2) is 36.4 Å². The maximum Gasteiger partial charge on any atom is 0.243 e. The van der Waals surface area contributed by atoms with Gasteiger partial charge in [0.05, 0.1) is 0 Å². The second kappa shape index (κ2) is 5.17. The molecular weight excluding hydrogens is 181 g/mol. The summed E-state index contributed by atoms with van der Waals surface area (Å²) in [5.41, 5.74) is 0.879. The average Bonchev–Trinajstić information content (AvgIpc) is 2.17. The largest absolute Gasteiger partial charge is 0.348 e. The summed E-state index contributed by atoms with van der Waals surface area (Å²) in [7, 11) is 0. The number of rotatable bonds is 3. The van der Waals surface area contributed by atoms with Gasteiger partial charge in [0.1, 0.15) is 5.82 Å². The van der Waals surface area contributed by atoms with Crippen LogP contribution in [-0.4, -0.2) is 5.91 Å². The fraction of sp³-hybridized carbons (Fsp3) is 0.182. The van der Waals surface area contributed by atoms with Crippen molar-refractivity contribution < 1.29 is 9.18 Å². The SMILES string of the molecule is CC=CC(=O)NCc1ccc(F)cc1. The topological polar surface area (TPSA) is 29.1 Å². The van der Waals surface area contributed by atoms with E-state index in [9.17, 15) is 9.18 Å². The van der Waals surface area contributed by atoms with Gasteiger partial charge in [-0.3, -0.25) is 4.79 Å². The van der Waals surface area contributed by atoms with E-state index in [1.54, 1.807) is 25.1 Å². The number of hydrogen-bond acceptors (Lipinski definition) is 1. The zero-order valence-electron chi connectivity index (χ0n) is 7.96. The zero-order valence-corrected chi connectivity index (χ0v) is 7.96. The summed E-state index contributed by atoms with van der Waals surface area (Å²) in [5, 5.41) is 2.67. The highest BCUT2D eigenvalue weighted by Gasteiger charge is 1.96. The van der Waals surface area contributed by atoms with Crippen molar-refractivity contribution >= 4 is 5.91 Å². The number of benzene rings is 1. The Hall–Kier alpha value is -1.64. The van der Waals surface area contributed by atoms with Gasteiger partial charge in [0.25, 0.3) is 0 Å². The molecule has 0 spiro atoms. The second-order valence-corrected chi connectivity index (χ2v) is 2.84. The van der Waals surface area contributed by atoms with Crippen LogP contribution in [0.3, 0.4) is 0 Å². The van der Waals surface area contributed by atoms with Gasteiger partial charge < -0.3 is 5.32 Å². The summed E-state index contributed by atoms with van der Waals surface area (Å²) in [5.74, 6) is -0.412. The standard InChI is InChI=1S/C11H12FNO/c1-2-3-11(14)13-8-9-4-6-10(12)7-5-9/h2-7H,8H2,1H3,(H,13,14). The van der Waals surface area contributed by atoms with Crippen molar-refractivity contribution in [2.75, 3.05) is 0 Å². The molecule has 0 aliphatic rings. The number of allylic oxidation sites excluding steroid dienone is 1. The molecule has 0 heterocycles. The summed E-state index contributed by atoms with van der Waals surface area (Å²) in [6, 6.07) is 6.03. The van der Waals surface area contributed by atoms with E-state index in [0.717, 1.165) is 5.56 Å².